The van der Waals surface area contributed by atoms with Crippen molar-refractivity contribution in [2.45, 2.75) is 31.8 Å². The third-order valence-electron chi connectivity index (χ3n) is 5.80. The van der Waals surface area contributed by atoms with Crippen molar-refractivity contribution in [3.8, 4) is 5.75 Å². The molecular weight excluding hydrogens is 308 g/mol. The summed E-state index contributed by atoms with van der Waals surface area (Å²) in [6.07, 6.45) is 3.65. The van der Waals surface area contributed by atoms with Crippen LogP contribution in [0.5, 0.6) is 5.75 Å². The lowest BCUT2D eigenvalue weighted by atomic mass is 9.81. The van der Waals surface area contributed by atoms with Crippen LogP contribution in [0, 0.1) is 5.92 Å². The highest BCUT2D eigenvalue weighted by Crippen LogP contribution is 2.36. The van der Waals surface area contributed by atoms with E-state index in [0.29, 0.717) is 6.04 Å². The zero-order valence-electron chi connectivity index (χ0n) is 15.1. The highest BCUT2D eigenvalue weighted by Gasteiger charge is 2.30. The Labute approximate surface area is 151 Å². The number of hydrogen-bond acceptors (Lipinski definition) is 3. The predicted molar refractivity (Wildman–Crippen MR) is 102 cm³/mol. The van der Waals surface area contributed by atoms with Gasteiger partial charge in [-0.1, -0.05) is 36.4 Å². The lowest BCUT2D eigenvalue weighted by Gasteiger charge is -2.39. The Morgan fingerprint density at radius 2 is 1.88 bits per heavy atom. The maximum absolute atomic E-state index is 5.40. The maximum Gasteiger partial charge on any atom is 0.119 e. The van der Waals surface area contributed by atoms with E-state index in [1.165, 1.54) is 42.6 Å². The van der Waals surface area contributed by atoms with Crippen LogP contribution < -0.4 is 10.1 Å². The predicted octanol–water partition coefficient (Wildman–Crippen LogP) is 3.79. The Bertz CT molecular complexity index is 692. The average molecular weight is 336 g/mol. The summed E-state index contributed by atoms with van der Waals surface area (Å²) < 4.78 is 5.40. The van der Waals surface area contributed by atoms with Gasteiger partial charge in [-0.05, 0) is 73.6 Å². The van der Waals surface area contributed by atoms with Crippen LogP contribution in [0.25, 0.3) is 0 Å². The molecule has 2 aliphatic heterocycles. The van der Waals surface area contributed by atoms with Crippen LogP contribution in [0.2, 0.25) is 0 Å². The Balaban J connectivity index is 1.40. The largest absolute Gasteiger partial charge is 0.497 e. The summed E-state index contributed by atoms with van der Waals surface area (Å²) in [4.78, 5) is 2.60. The molecule has 3 heteroatoms. The lowest BCUT2D eigenvalue weighted by molar-refractivity contribution is 0.150. The molecule has 0 amide bonds. The zero-order chi connectivity index (χ0) is 17.1. The first-order valence-corrected chi connectivity index (χ1v) is 9.50. The van der Waals surface area contributed by atoms with E-state index in [2.05, 4.69) is 58.7 Å². The van der Waals surface area contributed by atoms with Crippen molar-refractivity contribution in [2.75, 3.05) is 26.7 Å². The minimum Gasteiger partial charge on any atom is -0.497 e. The minimum absolute atomic E-state index is 0.508. The number of benzene rings is 2. The smallest absolute Gasteiger partial charge is 0.119 e. The second-order valence-corrected chi connectivity index (χ2v) is 7.35. The number of hydrogen-bond donors (Lipinski definition) is 1. The molecule has 0 bridgehead atoms. The number of rotatable bonds is 4. The van der Waals surface area contributed by atoms with E-state index in [1.54, 1.807) is 7.11 Å². The van der Waals surface area contributed by atoms with Gasteiger partial charge in [0.2, 0.25) is 0 Å². The molecule has 3 nitrogen and oxygen atoms in total. The maximum atomic E-state index is 5.40. The van der Waals surface area contributed by atoms with Crippen LogP contribution in [-0.4, -0.2) is 31.6 Å². The van der Waals surface area contributed by atoms with Gasteiger partial charge in [0.15, 0.2) is 0 Å². The van der Waals surface area contributed by atoms with Crippen LogP contribution in [-0.2, 0) is 13.0 Å². The lowest BCUT2D eigenvalue weighted by Crippen LogP contribution is -2.41. The molecule has 0 spiro atoms. The average Bonchev–Trinajstić information content (AvgIpc) is 2.68. The summed E-state index contributed by atoms with van der Waals surface area (Å²) in [5.74, 6) is 1.72. The van der Waals surface area contributed by atoms with Crippen LogP contribution in [0.15, 0.2) is 48.5 Å². The van der Waals surface area contributed by atoms with Gasteiger partial charge in [0.1, 0.15) is 5.75 Å². The second-order valence-electron chi connectivity index (χ2n) is 7.35. The fraction of sp³-hybridized carbons (Fsp3) is 0.455. The molecule has 1 atom stereocenters. The summed E-state index contributed by atoms with van der Waals surface area (Å²) >= 11 is 0. The van der Waals surface area contributed by atoms with E-state index in [4.69, 9.17) is 4.74 Å². The molecule has 1 unspecified atom stereocenters. The SMILES string of the molecule is COc1ccc2c(c1)CCNC2C1CCN(Cc2ccccc2)CC1. The minimum atomic E-state index is 0.508. The molecule has 2 aliphatic rings. The van der Waals surface area contributed by atoms with E-state index in [0.717, 1.165) is 31.2 Å². The van der Waals surface area contributed by atoms with Gasteiger partial charge in [-0.3, -0.25) is 4.90 Å². The molecule has 2 aromatic rings. The monoisotopic (exact) mass is 336 g/mol. The van der Waals surface area contributed by atoms with E-state index in [9.17, 15) is 0 Å². The molecule has 1 fully saturated rings. The highest BCUT2D eigenvalue weighted by molar-refractivity contribution is 5.39. The normalized spacial score (nSPS) is 21.7. The molecule has 1 N–H and O–H groups in total. The highest BCUT2D eigenvalue weighted by atomic mass is 16.5. The first-order valence-electron chi connectivity index (χ1n) is 9.50. The summed E-state index contributed by atoms with van der Waals surface area (Å²) in [6, 6.07) is 18.0. The number of ether oxygens (including phenoxy) is 1. The van der Waals surface area contributed by atoms with Gasteiger partial charge in [0.05, 0.1) is 7.11 Å². The first kappa shape index (κ1) is 16.6. The van der Waals surface area contributed by atoms with Crippen molar-refractivity contribution < 1.29 is 4.74 Å². The number of nitrogens with one attached hydrogen (secondary N) is 1. The number of likely N-dealkylation sites (tertiary alicyclic amines) is 1. The van der Waals surface area contributed by atoms with E-state index in [-0.39, 0.29) is 0 Å². The summed E-state index contributed by atoms with van der Waals surface area (Å²) in [6.45, 7) is 4.56. The van der Waals surface area contributed by atoms with Crippen LogP contribution in [0.3, 0.4) is 0 Å². The van der Waals surface area contributed by atoms with Gasteiger partial charge >= 0.3 is 0 Å². The van der Waals surface area contributed by atoms with Crippen LogP contribution in [0.1, 0.15) is 35.6 Å². The molecule has 2 aromatic carbocycles. The molecule has 4 rings (SSSR count). The van der Waals surface area contributed by atoms with Crippen molar-refractivity contribution in [3.05, 3.63) is 65.2 Å². The standard InChI is InChI=1S/C22H28N2O/c1-25-20-7-8-21-19(15-20)9-12-23-22(21)18-10-13-24(14-11-18)16-17-5-3-2-4-6-17/h2-8,15,18,22-23H,9-14,16H2,1H3. The Morgan fingerprint density at radius 3 is 2.64 bits per heavy atom. The number of nitrogens with zero attached hydrogens (tertiary/aromatic N) is 1. The number of fused-ring (bicyclic) bond motifs is 1. The number of methoxy groups -OCH3 is 1. The van der Waals surface area contributed by atoms with Crippen molar-refractivity contribution in [3.63, 3.8) is 0 Å². The van der Waals surface area contributed by atoms with Gasteiger partial charge in [0, 0.05) is 12.6 Å². The molecule has 132 valence electrons. The van der Waals surface area contributed by atoms with Crippen molar-refractivity contribution in [1.29, 1.82) is 0 Å². The van der Waals surface area contributed by atoms with Crippen molar-refractivity contribution in [2.24, 2.45) is 5.92 Å². The third kappa shape index (κ3) is 3.73. The quantitative estimate of drug-likeness (QED) is 0.919. The van der Waals surface area contributed by atoms with Crippen molar-refractivity contribution in [1.82, 2.24) is 10.2 Å². The van der Waals surface area contributed by atoms with Gasteiger partial charge in [-0.25, -0.2) is 0 Å². The summed E-state index contributed by atoms with van der Waals surface area (Å²) in [5.41, 5.74) is 4.39. The van der Waals surface area contributed by atoms with Crippen LogP contribution in [0.4, 0.5) is 0 Å². The molecule has 0 aliphatic carbocycles. The topological polar surface area (TPSA) is 24.5 Å². The van der Waals surface area contributed by atoms with Gasteiger partial charge < -0.3 is 10.1 Å². The molecule has 2 heterocycles. The van der Waals surface area contributed by atoms with E-state index < -0.39 is 0 Å². The molecule has 1 saturated heterocycles. The van der Waals surface area contributed by atoms with E-state index in [1.807, 2.05) is 0 Å². The molecular formula is C22H28N2O. The fourth-order valence-electron chi connectivity index (χ4n) is 4.41. The van der Waals surface area contributed by atoms with Gasteiger partial charge in [-0.15, -0.1) is 0 Å². The van der Waals surface area contributed by atoms with Gasteiger partial charge in [0.25, 0.3) is 0 Å². The third-order valence-corrected chi connectivity index (χ3v) is 5.80. The zero-order valence-corrected chi connectivity index (χ0v) is 15.1. The molecule has 0 aromatic heterocycles. The summed E-state index contributed by atoms with van der Waals surface area (Å²) in [7, 11) is 1.75. The first-order chi connectivity index (χ1) is 12.3. The summed E-state index contributed by atoms with van der Waals surface area (Å²) in [5, 5.41) is 3.79. The molecule has 0 radical (unpaired) electrons. The molecule has 0 saturated carbocycles. The van der Waals surface area contributed by atoms with Crippen LogP contribution >= 0.6 is 0 Å². The Hall–Kier alpha value is -1.84. The second kappa shape index (κ2) is 7.59. The van der Waals surface area contributed by atoms with Gasteiger partial charge in [-0.2, -0.15) is 0 Å². The van der Waals surface area contributed by atoms with Crippen molar-refractivity contribution >= 4 is 0 Å². The number of piperidine rings is 1. The molecule has 25 heavy (non-hydrogen) atoms. The Kier molecular flexibility index (Phi) is 5.04. The Morgan fingerprint density at radius 1 is 1.08 bits per heavy atom. The fourth-order valence-corrected chi connectivity index (χ4v) is 4.41. The van der Waals surface area contributed by atoms with E-state index >= 15 is 0 Å².